The van der Waals surface area contributed by atoms with Crippen molar-refractivity contribution in [1.82, 2.24) is 29.7 Å². The van der Waals surface area contributed by atoms with Crippen molar-refractivity contribution >= 4 is 35.0 Å². The molecule has 0 unspecified atom stereocenters. The van der Waals surface area contributed by atoms with Crippen molar-refractivity contribution in [1.29, 1.82) is 0 Å². The summed E-state index contributed by atoms with van der Waals surface area (Å²) in [5.74, 6) is 1.52. The Balaban J connectivity index is 1.64. The molecule has 0 radical (unpaired) electrons. The van der Waals surface area contributed by atoms with Crippen molar-refractivity contribution in [2.45, 2.75) is 58.1 Å². The first-order valence-electron chi connectivity index (χ1n) is 10.3. The molecule has 1 saturated carbocycles. The zero-order chi connectivity index (χ0) is 21.3. The van der Waals surface area contributed by atoms with Crippen LogP contribution in [-0.4, -0.2) is 51.0 Å². The lowest BCUT2D eigenvalue weighted by Crippen LogP contribution is -2.22. The van der Waals surface area contributed by atoms with E-state index in [-0.39, 0.29) is 0 Å². The first kappa shape index (κ1) is 21.3. The molecular formula is C20H27BrN6O2Si. The summed E-state index contributed by atoms with van der Waals surface area (Å²) < 4.78 is 14.2. The number of aromatic nitrogens is 6. The molecule has 0 saturated heterocycles. The third-order valence-electron chi connectivity index (χ3n) is 4.94. The smallest absolute Gasteiger partial charge is 0.228 e. The Bertz CT molecular complexity index is 1050. The van der Waals surface area contributed by atoms with E-state index < -0.39 is 8.07 Å². The quantitative estimate of drug-likeness (QED) is 0.318. The zero-order valence-electron chi connectivity index (χ0n) is 17.9. The Labute approximate surface area is 185 Å². The highest BCUT2D eigenvalue weighted by atomic mass is 79.9. The summed E-state index contributed by atoms with van der Waals surface area (Å²) in [4.78, 5) is 18.2. The topological polar surface area (TPSA) is 87.8 Å². The van der Waals surface area contributed by atoms with Gasteiger partial charge in [-0.15, -0.1) is 0 Å². The fourth-order valence-corrected chi connectivity index (χ4v) is 4.37. The highest BCUT2D eigenvalue weighted by molar-refractivity contribution is 9.10. The minimum absolute atomic E-state index is 0.378. The predicted octanol–water partition coefficient (Wildman–Crippen LogP) is 4.63. The van der Waals surface area contributed by atoms with Gasteiger partial charge in [-0.2, -0.15) is 5.10 Å². The SMILES string of the molecule is CCOc1ncnc(C2CC2)c1-c1ncc2nn(COCC[Si](C)(C)C)c(Br)c2n1. The van der Waals surface area contributed by atoms with E-state index in [2.05, 4.69) is 55.6 Å². The van der Waals surface area contributed by atoms with E-state index in [4.69, 9.17) is 14.5 Å². The summed E-state index contributed by atoms with van der Waals surface area (Å²) in [6, 6.07) is 1.12. The molecule has 8 nitrogen and oxygen atoms in total. The van der Waals surface area contributed by atoms with Crippen LogP contribution in [0.1, 0.15) is 31.4 Å². The molecule has 10 heteroatoms. The number of halogens is 1. The highest BCUT2D eigenvalue weighted by Crippen LogP contribution is 2.45. The van der Waals surface area contributed by atoms with Crippen LogP contribution in [0.15, 0.2) is 17.1 Å². The molecule has 3 aromatic heterocycles. The standard InChI is InChI=1S/C20H27BrN6O2Si/c1-5-29-20-15(16(13-6-7-13)23-11-24-20)19-22-10-14-17(25-19)18(21)27(26-14)12-28-8-9-30(2,3)4/h10-11,13H,5-9,12H2,1-4H3. The Morgan fingerprint density at radius 2 is 2.00 bits per heavy atom. The largest absolute Gasteiger partial charge is 0.477 e. The number of hydrogen-bond acceptors (Lipinski definition) is 7. The van der Waals surface area contributed by atoms with Crippen LogP contribution in [-0.2, 0) is 11.5 Å². The van der Waals surface area contributed by atoms with E-state index >= 15 is 0 Å². The minimum atomic E-state index is -1.12. The van der Waals surface area contributed by atoms with Crippen molar-refractivity contribution in [3.05, 3.63) is 22.8 Å². The van der Waals surface area contributed by atoms with Crippen molar-refractivity contribution in [3.8, 4) is 17.3 Å². The molecule has 1 aliphatic rings. The normalized spacial score (nSPS) is 14.4. The van der Waals surface area contributed by atoms with Gasteiger partial charge in [0.05, 0.1) is 18.5 Å². The molecule has 4 rings (SSSR count). The molecular weight excluding hydrogens is 464 g/mol. The number of rotatable bonds is 9. The van der Waals surface area contributed by atoms with Gasteiger partial charge in [0, 0.05) is 20.6 Å². The first-order chi connectivity index (χ1) is 14.4. The number of ether oxygens (including phenoxy) is 2. The van der Waals surface area contributed by atoms with Gasteiger partial charge in [0.15, 0.2) is 5.82 Å². The van der Waals surface area contributed by atoms with Crippen molar-refractivity contribution in [2.75, 3.05) is 13.2 Å². The molecule has 0 atom stereocenters. The van der Waals surface area contributed by atoms with Gasteiger partial charge in [-0.3, -0.25) is 0 Å². The lowest BCUT2D eigenvalue weighted by atomic mass is 10.1. The monoisotopic (exact) mass is 490 g/mol. The zero-order valence-corrected chi connectivity index (χ0v) is 20.4. The first-order valence-corrected chi connectivity index (χ1v) is 14.8. The predicted molar refractivity (Wildman–Crippen MR) is 121 cm³/mol. The summed E-state index contributed by atoms with van der Waals surface area (Å²) in [5, 5.41) is 4.58. The van der Waals surface area contributed by atoms with Crippen LogP contribution in [0.4, 0.5) is 0 Å². The fourth-order valence-electron chi connectivity index (χ4n) is 3.14. The van der Waals surface area contributed by atoms with Crippen molar-refractivity contribution < 1.29 is 9.47 Å². The molecule has 30 heavy (non-hydrogen) atoms. The molecule has 0 N–H and O–H groups in total. The second-order valence-corrected chi connectivity index (χ2v) is 15.1. The molecule has 1 aliphatic carbocycles. The van der Waals surface area contributed by atoms with Gasteiger partial charge >= 0.3 is 0 Å². The van der Waals surface area contributed by atoms with E-state index in [9.17, 15) is 0 Å². The maximum atomic E-state index is 5.85. The third kappa shape index (κ3) is 4.70. The average Bonchev–Trinajstić information content (AvgIpc) is 3.50. The molecule has 1 fully saturated rings. The second-order valence-electron chi connectivity index (χ2n) is 8.71. The Morgan fingerprint density at radius 3 is 2.70 bits per heavy atom. The number of hydrogen-bond donors (Lipinski definition) is 0. The lowest BCUT2D eigenvalue weighted by Gasteiger charge is -2.15. The molecule has 0 spiro atoms. The Hall–Kier alpha value is -1.91. The van der Waals surface area contributed by atoms with Crippen LogP contribution < -0.4 is 4.74 Å². The van der Waals surface area contributed by atoms with E-state index in [0.717, 1.165) is 46.9 Å². The number of fused-ring (bicyclic) bond motifs is 1. The van der Waals surface area contributed by atoms with E-state index in [1.165, 1.54) is 0 Å². The van der Waals surface area contributed by atoms with Crippen LogP contribution in [0.25, 0.3) is 22.4 Å². The maximum Gasteiger partial charge on any atom is 0.228 e. The van der Waals surface area contributed by atoms with E-state index in [1.54, 1.807) is 17.2 Å². The summed E-state index contributed by atoms with van der Waals surface area (Å²) >= 11 is 3.64. The highest BCUT2D eigenvalue weighted by Gasteiger charge is 2.31. The molecule has 3 heterocycles. The van der Waals surface area contributed by atoms with Crippen molar-refractivity contribution in [3.63, 3.8) is 0 Å². The van der Waals surface area contributed by atoms with Gasteiger partial charge in [0.2, 0.25) is 5.88 Å². The van der Waals surface area contributed by atoms with Gasteiger partial charge in [0.25, 0.3) is 0 Å². The summed E-state index contributed by atoms with van der Waals surface area (Å²) in [5.41, 5.74) is 3.20. The van der Waals surface area contributed by atoms with Gasteiger partial charge in [-0.25, -0.2) is 24.6 Å². The molecule has 0 amide bonds. The Kier molecular flexibility index (Phi) is 6.17. The molecule has 0 aliphatic heterocycles. The van der Waals surface area contributed by atoms with Gasteiger partial charge in [-0.1, -0.05) is 19.6 Å². The average molecular weight is 491 g/mol. The van der Waals surface area contributed by atoms with Gasteiger partial charge in [0.1, 0.15) is 34.3 Å². The van der Waals surface area contributed by atoms with Gasteiger partial charge in [-0.05, 0) is 41.7 Å². The summed E-state index contributed by atoms with van der Waals surface area (Å²) in [6.07, 6.45) is 5.54. The lowest BCUT2D eigenvalue weighted by molar-refractivity contribution is 0.0775. The van der Waals surface area contributed by atoms with Crippen LogP contribution in [0, 0.1) is 0 Å². The van der Waals surface area contributed by atoms with Crippen LogP contribution in [0.3, 0.4) is 0 Å². The summed E-state index contributed by atoms with van der Waals surface area (Å²) in [6.45, 7) is 10.6. The molecule has 160 valence electrons. The molecule has 0 bridgehead atoms. The fraction of sp³-hybridized carbons (Fsp3) is 0.550. The minimum Gasteiger partial charge on any atom is -0.477 e. The van der Waals surface area contributed by atoms with Crippen LogP contribution in [0.2, 0.25) is 25.7 Å². The molecule has 3 aromatic rings. The molecule has 0 aromatic carbocycles. The van der Waals surface area contributed by atoms with E-state index in [0.29, 0.717) is 36.5 Å². The second kappa shape index (κ2) is 8.68. The third-order valence-corrected chi connectivity index (χ3v) is 7.43. The van der Waals surface area contributed by atoms with Crippen LogP contribution in [0.5, 0.6) is 5.88 Å². The summed E-state index contributed by atoms with van der Waals surface area (Å²) in [7, 11) is -1.12. The van der Waals surface area contributed by atoms with Crippen LogP contribution >= 0.6 is 15.9 Å². The Morgan fingerprint density at radius 1 is 1.20 bits per heavy atom. The van der Waals surface area contributed by atoms with Crippen molar-refractivity contribution in [2.24, 2.45) is 0 Å². The van der Waals surface area contributed by atoms with Gasteiger partial charge < -0.3 is 9.47 Å². The number of nitrogens with zero attached hydrogens (tertiary/aromatic N) is 6. The van der Waals surface area contributed by atoms with E-state index in [1.807, 2.05) is 6.92 Å². The maximum absolute atomic E-state index is 5.85.